The first-order valence-corrected chi connectivity index (χ1v) is 13.3. The molecular formula is C27H29ClF3N9O. The van der Waals surface area contributed by atoms with E-state index in [0.717, 1.165) is 0 Å². The van der Waals surface area contributed by atoms with E-state index in [1.165, 1.54) is 23.4 Å². The lowest BCUT2D eigenvalue weighted by molar-refractivity contribution is -0.133. The Bertz CT molecular complexity index is 1560. The molecule has 1 atom stereocenters. The monoisotopic (exact) mass is 587 g/mol. The van der Waals surface area contributed by atoms with Gasteiger partial charge in [-0.05, 0) is 37.6 Å². The van der Waals surface area contributed by atoms with E-state index in [1.807, 2.05) is 13.8 Å². The third-order valence-corrected chi connectivity index (χ3v) is 6.81. The number of aromatic nitrogens is 6. The van der Waals surface area contributed by atoms with Crippen LogP contribution < -0.4 is 15.8 Å². The Morgan fingerprint density at radius 1 is 1.20 bits per heavy atom. The van der Waals surface area contributed by atoms with Crippen molar-refractivity contribution in [1.82, 2.24) is 34.6 Å². The molecule has 14 heteroatoms. The number of hydrogen-bond donors (Lipinski definition) is 2. The fourth-order valence-corrected chi connectivity index (χ4v) is 4.86. The highest BCUT2D eigenvalue weighted by atomic mass is 35.5. The molecule has 0 aliphatic carbocycles. The van der Waals surface area contributed by atoms with Crippen molar-refractivity contribution in [2.75, 3.05) is 30.7 Å². The van der Waals surface area contributed by atoms with Crippen molar-refractivity contribution < 1.29 is 17.9 Å². The molecule has 3 N–H and O–H groups in total. The number of nitrogen functional groups attached to an aromatic ring is 1. The molecule has 0 bridgehead atoms. The summed E-state index contributed by atoms with van der Waals surface area (Å²) in [6, 6.07) is 4.40. The summed E-state index contributed by atoms with van der Waals surface area (Å²) in [6.07, 6.45) is 5.08. The lowest BCUT2D eigenvalue weighted by Crippen LogP contribution is -2.55. The Labute approximate surface area is 239 Å². The van der Waals surface area contributed by atoms with E-state index >= 15 is 4.39 Å². The number of nitrogens with zero attached hydrogens (tertiary/aromatic N) is 7. The molecule has 5 heterocycles. The second-order valence-corrected chi connectivity index (χ2v) is 10.5. The lowest BCUT2D eigenvalue weighted by atomic mass is 10.1. The first-order chi connectivity index (χ1) is 19.5. The van der Waals surface area contributed by atoms with Crippen molar-refractivity contribution in [3.05, 3.63) is 59.0 Å². The van der Waals surface area contributed by atoms with Crippen molar-refractivity contribution in [3.8, 4) is 28.5 Å². The average Bonchev–Trinajstić information content (AvgIpc) is 3.16. The molecule has 1 aliphatic heterocycles. The van der Waals surface area contributed by atoms with Crippen LogP contribution >= 0.6 is 11.6 Å². The smallest absolute Gasteiger partial charge is 0.272 e. The minimum atomic E-state index is -2.69. The second kappa shape index (κ2) is 11.5. The van der Waals surface area contributed by atoms with E-state index in [0.29, 0.717) is 58.6 Å². The van der Waals surface area contributed by atoms with Crippen LogP contribution in [-0.4, -0.2) is 66.3 Å². The molecule has 4 aromatic rings. The molecular weight excluding hydrogens is 559 g/mol. The fourth-order valence-electron chi connectivity index (χ4n) is 4.70. The Morgan fingerprint density at radius 2 is 1.98 bits per heavy atom. The number of likely N-dealkylation sites (tertiary alicyclic amines) is 1. The SMILES string of the molecule is Cc1nn(C)c(OCC[C@H](C)Nc2cc(Cl)ncc2-c2ncc(CN3CC(F)(F)C3)cc2F)c1-c1nccc(N)n1. The highest BCUT2D eigenvalue weighted by Gasteiger charge is 2.43. The van der Waals surface area contributed by atoms with Gasteiger partial charge in [0.15, 0.2) is 5.82 Å². The predicted molar refractivity (Wildman–Crippen MR) is 149 cm³/mol. The number of ether oxygens (including phenoxy) is 1. The van der Waals surface area contributed by atoms with Crippen molar-refractivity contribution in [2.24, 2.45) is 7.05 Å². The Balaban J connectivity index is 1.26. The number of pyridine rings is 2. The molecule has 0 radical (unpaired) electrons. The molecule has 1 aliphatic rings. The first-order valence-electron chi connectivity index (χ1n) is 12.9. The summed E-state index contributed by atoms with van der Waals surface area (Å²) >= 11 is 6.16. The molecule has 5 rings (SSSR count). The summed E-state index contributed by atoms with van der Waals surface area (Å²) in [5.74, 6) is -1.99. The predicted octanol–water partition coefficient (Wildman–Crippen LogP) is 4.74. The van der Waals surface area contributed by atoms with Crippen LogP contribution in [-0.2, 0) is 13.6 Å². The van der Waals surface area contributed by atoms with Gasteiger partial charge in [0.25, 0.3) is 5.92 Å². The summed E-state index contributed by atoms with van der Waals surface area (Å²) in [6.45, 7) is 3.63. The van der Waals surface area contributed by atoms with Crippen LogP contribution in [0.4, 0.5) is 24.7 Å². The van der Waals surface area contributed by atoms with E-state index in [-0.39, 0.29) is 36.5 Å². The molecule has 41 heavy (non-hydrogen) atoms. The van der Waals surface area contributed by atoms with E-state index in [2.05, 4.69) is 30.4 Å². The summed E-state index contributed by atoms with van der Waals surface area (Å²) in [4.78, 5) is 18.5. The van der Waals surface area contributed by atoms with Crippen LogP contribution in [0.25, 0.3) is 22.6 Å². The number of rotatable bonds is 10. The molecule has 1 fully saturated rings. The maximum absolute atomic E-state index is 15.1. The largest absolute Gasteiger partial charge is 0.477 e. The quantitative estimate of drug-likeness (QED) is 0.254. The lowest BCUT2D eigenvalue weighted by Gasteiger charge is -2.38. The molecule has 0 amide bonds. The number of nitrogens with one attached hydrogen (secondary N) is 1. The molecule has 216 valence electrons. The van der Waals surface area contributed by atoms with Gasteiger partial charge in [0.1, 0.15) is 28.0 Å². The van der Waals surface area contributed by atoms with Gasteiger partial charge < -0.3 is 15.8 Å². The number of aryl methyl sites for hydroxylation is 2. The summed E-state index contributed by atoms with van der Waals surface area (Å²) in [5.41, 5.74) is 8.76. The highest BCUT2D eigenvalue weighted by Crippen LogP contribution is 2.33. The van der Waals surface area contributed by atoms with Gasteiger partial charge >= 0.3 is 0 Å². The summed E-state index contributed by atoms with van der Waals surface area (Å²) in [7, 11) is 1.77. The van der Waals surface area contributed by atoms with Crippen LogP contribution in [0.3, 0.4) is 0 Å². The van der Waals surface area contributed by atoms with Crippen LogP contribution in [0, 0.1) is 12.7 Å². The fraction of sp³-hybridized carbons (Fsp3) is 0.370. The number of anilines is 2. The van der Waals surface area contributed by atoms with Gasteiger partial charge in [-0.3, -0.25) is 9.88 Å². The van der Waals surface area contributed by atoms with Gasteiger partial charge in [-0.25, -0.2) is 32.8 Å². The van der Waals surface area contributed by atoms with Crippen LogP contribution in [0.2, 0.25) is 5.15 Å². The van der Waals surface area contributed by atoms with Gasteiger partial charge in [0.05, 0.1) is 25.4 Å². The second-order valence-electron chi connectivity index (χ2n) is 10.1. The van der Waals surface area contributed by atoms with Crippen molar-refractivity contribution in [1.29, 1.82) is 0 Å². The maximum Gasteiger partial charge on any atom is 0.272 e. The topological polar surface area (TPSA) is 120 Å². The van der Waals surface area contributed by atoms with Crippen molar-refractivity contribution >= 4 is 23.1 Å². The Hall–Kier alpha value is -3.97. The van der Waals surface area contributed by atoms with Crippen molar-refractivity contribution in [3.63, 3.8) is 0 Å². The molecule has 0 aromatic carbocycles. The molecule has 0 spiro atoms. The Morgan fingerprint density at radius 3 is 2.68 bits per heavy atom. The minimum absolute atomic E-state index is 0.0786. The van der Waals surface area contributed by atoms with Crippen LogP contribution in [0.1, 0.15) is 24.6 Å². The minimum Gasteiger partial charge on any atom is -0.477 e. The number of hydrogen-bond acceptors (Lipinski definition) is 9. The van der Waals surface area contributed by atoms with E-state index < -0.39 is 11.7 Å². The molecule has 1 saturated heterocycles. The molecule has 0 saturated carbocycles. The van der Waals surface area contributed by atoms with Gasteiger partial charge in [-0.2, -0.15) is 5.10 Å². The molecule has 4 aromatic heterocycles. The third-order valence-electron chi connectivity index (χ3n) is 6.60. The van der Waals surface area contributed by atoms with Crippen LogP contribution in [0.15, 0.2) is 36.8 Å². The first kappa shape index (κ1) is 28.6. The zero-order chi connectivity index (χ0) is 29.3. The normalized spacial score (nSPS) is 15.4. The van der Waals surface area contributed by atoms with E-state index in [1.54, 1.807) is 30.1 Å². The van der Waals surface area contributed by atoms with E-state index in [9.17, 15) is 8.78 Å². The van der Waals surface area contributed by atoms with Gasteiger partial charge in [-0.15, -0.1) is 0 Å². The third kappa shape index (κ3) is 6.51. The number of nitrogens with two attached hydrogens (primary N) is 1. The zero-order valence-corrected chi connectivity index (χ0v) is 23.5. The zero-order valence-electron chi connectivity index (χ0n) is 22.7. The summed E-state index contributed by atoms with van der Waals surface area (Å²) in [5, 5.41) is 8.01. The Kier molecular flexibility index (Phi) is 8.00. The highest BCUT2D eigenvalue weighted by molar-refractivity contribution is 6.29. The van der Waals surface area contributed by atoms with Gasteiger partial charge in [-0.1, -0.05) is 11.6 Å². The maximum atomic E-state index is 15.1. The number of halogens is 4. The van der Waals surface area contributed by atoms with E-state index in [4.69, 9.17) is 22.1 Å². The van der Waals surface area contributed by atoms with Crippen LogP contribution in [0.5, 0.6) is 5.88 Å². The average molecular weight is 588 g/mol. The van der Waals surface area contributed by atoms with Gasteiger partial charge in [0.2, 0.25) is 5.88 Å². The molecule has 0 unspecified atom stereocenters. The van der Waals surface area contributed by atoms with Gasteiger partial charge in [0, 0.05) is 55.9 Å². The molecule has 10 nitrogen and oxygen atoms in total. The standard InChI is InChI=1S/C27H29ClF3N9O/c1-15(5-7-41-26-23(16(2)38-39(26)3)25-33-6-4-22(32)37-25)36-20-9-21(28)34-11-18(20)24-19(29)8-17(10-35-24)12-40-13-27(30,31)14-40/h4,6,8-11,15H,5,7,12-14H2,1-3H3,(H,34,36)(H2,32,33,37)/t15-/m0/s1. The number of alkyl halides is 2. The van der Waals surface area contributed by atoms with Crippen molar-refractivity contribution in [2.45, 2.75) is 38.8 Å². The summed E-state index contributed by atoms with van der Waals surface area (Å²) < 4.78 is 49.2.